The lowest BCUT2D eigenvalue weighted by Gasteiger charge is -2.52. The van der Waals surface area contributed by atoms with Gasteiger partial charge in [-0.25, -0.2) is 0 Å². The Morgan fingerprint density at radius 3 is 1.76 bits per heavy atom. The summed E-state index contributed by atoms with van der Waals surface area (Å²) in [6, 6.07) is 53.1. The van der Waals surface area contributed by atoms with Crippen molar-refractivity contribution in [2.24, 2.45) is 0 Å². The van der Waals surface area contributed by atoms with Gasteiger partial charge in [-0.05, 0) is 178 Å². The summed E-state index contributed by atoms with van der Waals surface area (Å²) in [5.74, 6) is 0. The van der Waals surface area contributed by atoms with Crippen molar-refractivity contribution >= 4 is 68.6 Å². The van der Waals surface area contributed by atoms with Gasteiger partial charge in [0.2, 0.25) is 0 Å². The van der Waals surface area contributed by atoms with Crippen LogP contribution in [0.15, 0.2) is 133 Å². The molecule has 5 aliphatic rings. The van der Waals surface area contributed by atoms with Crippen LogP contribution in [0.5, 0.6) is 0 Å². The largest absolute Gasteiger partial charge is 0.330 e. The van der Waals surface area contributed by atoms with Gasteiger partial charge in [0.25, 0.3) is 6.71 Å². The third-order valence-corrected chi connectivity index (χ3v) is 18.4. The van der Waals surface area contributed by atoms with E-state index in [2.05, 4.69) is 245 Å². The molecular formula is C66H72BN3. The number of anilines is 8. The molecular weight excluding hydrogens is 846 g/mol. The van der Waals surface area contributed by atoms with Crippen LogP contribution in [0.25, 0.3) is 0 Å². The molecule has 7 aromatic carbocycles. The fourth-order valence-corrected chi connectivity index (χ4v) is 14.1. The first kappa shape index (κ1) is 45.2. The minimum Gasteiger partial charge on any atom is -0.330 e. The first-order chi connectivity index (χ1) is 33.0. The van der Waals surface area contributed by atoms with Crippen LogP contribution in [-0.4, -0.2) is 6.71 Å². The van der Waals surface area contributed by atoms with Crippen LogP contribution in [0.3, 0.4) is 0 Å². The maximum absolute atomic E-state index is 2.82. The van der Waals surface area contributed by atoms with E-state index in [1.165, 1.54) is 125 Å². The van der Waals surface area contributed by atoms with Gasteiger partial charge in [0.1, 0.15) is 0 Å². The predicted octanol–water partition coefficient (Wildman–Crippen LogP) is 15.6. The number of para-hydroxylation sites is 1. The number of hydrogen-bond donors (Lipinski definition) is 0. The minimum absolute atomic E-state index is 0.0118. The summed E-state index contributed by atoms with van der Waals surface area (Å²) < 4.78 is 0. The zero-order valence-electron chi connectivity index (χ0n) is 44.4. The summed E-state index contributed by atoms with van der Waals surface area (Å²) in [4.78, 5) is 8.16. The summed E-state index contributed by atoms with van der Waals surface area (Å²) in [5.41, 5.74) is 26.5. The summed E-state index contributed by atoms with van der Waals surface area (Å²) in [7, 11) is 0. The van der Waals surface area contributed by atoms with Crippen LogP contribution in [0, 0.1) is 13.8 Å². The highest BCUT2D eigenvalue weighted by atomic mass is 15.3. The molecule has 0 amide bonds. The van der Waals surface area contributed by atoms with Crippen molar-refractivity contribution in [3.63, 3.8) is 0 Å². The molecule has 0 aromatic heterocycles. The Bertz CT molecular complexity index is 3330. The Labute approximate surface area is 420 Å². The normalized spacial score (nSPS) is 21.3. The lowest BCUT2D eigenvalue weighted by molar-refractivity contribution is 0.245. The Kier molecular flexibility index (Phi) is 9.54. The van der Waals surface area contributed by atoms with Crippen molar-refractivity contribution < 1.29 is 0 Å². The van der Waals surface area contributed by atoms with Crippen molar-refractivity contribution in [1.29, 1.82) is 0 Å². The van der Waals surface area contributed by atoms with Gasteiger partial charge in [0, 0.05) is 50.9 Å². The molecule has 0 saturated carbocycles. The summed E-state index contributed by atoms with van der Waals surface area (Å²) in [5, 5.41) is 0. The van der Waals surface area contributed by atoms with E-state index >= 15 is 0 Å². The topological polar surface area (TPSA) is 9.72 Å². The fraction of sp³-hybridized carbons (Fsp3) is 0.364. The van der Waals surface area contributed by atoms with E-state index in [1.54, 1.807) is 0 Å². The van der Waals surface area contributed by atoms with Crippen LogP contribution < -0.4 is 31.1 Å². The molecule has 4 heteroatoms. The van der Waals surface area contributed by atoms with Gasteiger partial charge in [-0.3, -0.25) is 0 Å². The van der Waals surface area contributed by atoms with E-state index in [4.69, 9.17) is 0 Å². The van der Waals surface area contributed by atoms with Crippen molar-refractivity contribution in [2.45, 2.75) is 155 Å². The van der Waals surface area contributed by atoms with E-state index in [0.717, 1.165) is 12.8 Å². The molecule has 2 atom stereocenters. The molecule has 0 spiro atoms. The lowest BCUT2D eigenvalue weighted by Crippen LogP contribution is -2.62. The molecule has 70 heavy (non-hydrogen) atoms. The van der Waals surface area contributed by atoms with Gasteiger partial charge >= 0.3 is 0 Å². The van der Waals surface area contributed by atoms with Crippen LogP contribution >= 0.6 is 0 Å². The Morgan fingerprint density at radius 2 is 1.07 bits per heavy atom. The highest BCUT2D eigenvalue weighted by molar-refractivity contribution is 7.00. The van der Waals surface area contributed by atoms with Gasteiger partial charge in [-0.15, -0.1) is 0 Å². The molecule has 3 aliphatic heterocycles. The van der Waals surface area contributed by atoms with E-state index in [9.17, 15) is 0 Å². The molecule has 0 saturated heterocycles. The molecule has 354 valence electrons. The summed E-state index contributed by atoms with van der Waals surface area (Å²) >= 11 is 0. The van der Waals surface area contributed by atoms with Gasteiger partial charge in [0.05, 0.1) is 5.54 Å². The SMILES string of the molecule is Cc1cc(C)c2c(c1)C1(C)CCc3ccccc3C1(C)N2c1cc2c3c(c1)N(c1ccccc1)c1cc4c(cc1B3c1ccc(C(C)(C)C)cc1N2c1cccc(C(C)(C)C)c1)C(C)(C)CCC4(C)C. The van der Waals surface area contributed by atoms with Crippen molar-refractivity contribution in [2.75, 3.05) is 14.7 Å². The molecule has 2 unspecified atom stereocenters. The molecule has 7 aromatic rings. The maximum atomic E-state index is 2.82. The van der Waals surface area contributed by atoms with E-state index in [-0.39, 0.29) is 39.3 Å². The second-order valence-electron chi connectivity index (χ2n) is 25.8. The number of rotatable bonds is 3. The van der Waals surface area contributed by atoms with Gasteiger partial charge in [-0.1, -0.05) is 167 Å². The Morgan fingerprint density at radius 1 is 0.471 bits per heavy atom. The monoisotopic (exact) mass is 918 g/mol. The standard InChI is InChI=1S/C66H72BN3/c1-41-33-42(2)60-52(34-41)65(13)30-29-43-21-18-19-26-49(43)66(65,14)70(60)48-37-57-59-58(38-48)69(47-25-20-22-44(35-47)61(3,4)5)55-36-45(62(6,7)8)27-28-53(55)67(59)54-39-50-51(64(11,12)32-31-63(50,9)10)40-56(54)68(57)46-23-16-15-17-24-46/h15-28,33-40H,29-32H2,1-14H3. The van der Waals surface area contributed by atoms with Crippen molar-refractivity contribution in [3.8, 4) is 0 Å². The zero-order chi connectivity index (χ0) is 49.2. The van der Waals surface area contributed by atoms with Crippen molar-refractivity contribution in [1.82, 2.24) is 0 Å². The highest BCUT2D eigenvalue weighted by Crippen LogP contribution is 2.65. The summed E-state index contributed by atoms with van der Waals surface area (Å²) in [6.07, 6.45) is 4.49. The minimum atomic E-state index is -0.370. The van der Waals surface area contributed by atoms with Crippen LogP contribution in [0.4, 0.5) is 45.5 Å². The molecule has 0 N–H and O–H groups in total. The predicted molar refractivity (Wildman–Crippen MR) is 301 cm³/mol. The lowest BCUT2D eigenvalue weighted by atomic mass is 9.33. The number of aryl methyl sites for hydroxylation is 3. The van der Waals surface area contributed by atoms with Crippen LogP contribution in [-0.2, 0) is 39.0 Å². The number of hydrogen-bond acceptors (Lipinski definition) is 3. The zero-order valence-corrected chi connectivity index (χ0v) is 44.4. The van der Waals surface area contributed by atoms with Gasteiger partial charge in [-0.2, -0.15) is 0 Å². The first-order valence-corrected chi connectivity index (χ1v) is 26.3. The Balaban J connectivity index is 1.26. The average molecular weight is 918 g/mol. The highest BCUT2D eigenvalue weighted by Gasteiger charge is 2.61. The van der Waals surface area contributed by atoms with E-state index < -0.39 is 0 Å². The van der Waals surface area contributed by atoms with Crippen LogP contribution in [0.2, 0.25) is 0 Å². The third kappa shape index (κ3) is 6.26. The average Bonchev–Trinajstić information content (AvgIpc) is 3.53. The molecule has 12 rings (SSSR count). The second kappa shape index (κ2) is 14.8. The Hall–Kier alpha value is -6.00. The molecule has 3 nitrogen and oxygen atoms in total. The quantitative estimate of drug-likeness (QED) is 0.164. The third-order valence-electron chi connectivity index (χ3n) is 18.4. The van der Waals surface area contributed by atoms with Crippen molar-refractivity contribution in [3.05, 3.63) is 184 Å². The molecule has 2 aliphatic carbocycles. The van der Waals surface area contributed by atoms with Gasteiger partial charge in [0.15, 0.2) is 0 Å². The number of nitrogens with zero attached hydrogens (tertiary/aromatic N) is 3. The molecule has 0 fully saturated rings. The number of benzene rings is 7. The number of fused-ring (bicyclic) bond motifs is 10. The van der Waals surface area contributed by atoms with E-state index in [1.807, 2.05) is 0 Å². The molecule has 0 bridgehead atoms. The van der Waals surface area contributed by atoms with Crippen LogP contribution in [0.1, 0.15) is 152 Å². The van der Waals surface area contributed by atoms with E-state index in [0.29, 0.717) is 0 Å². The first-order valence-electron chi connectivity index (χ1n) is 26.3. The fourth-order valence-electron chi connectivity index (χ4n) is 14.1. The van der Waals surface area contributed by atoms with Gasteiger partial charge < -0.3 is 14.7 Å². The molecule has 0 radical (unpaired) electrons. The smallest absolute Gasteiger partial charge is 0.252 e. The molecule has 3 heterocycles. The second-order valence-corrected chi connectivity index (χ2v) is 25.8. The maximum Gasteiger partial charge on any atom is 0.252 e. The summed E-state index contributed by atoms with van der Waals surface area (Å²) in [6.45, 7) is 33.9.